The Hall–Kier alpha value is -2.23. The third-order valence-electron chi connectivity index (χ3n) is 1.59. The lowest BCUT2D eigenvalue weighted by Crippen LogP contribution is -2.03. The van der Waals surface area contributed by atoms with E-state index in [2.05, 4.69) is 53.5 Å². The Kier molecular flexibility index (Phi) is 35.2. The zero-order chi connectivity index (χ0) is 19.1. The van der Waals surface area contributed by atoms with Crippen molar-refractivity contribution in [1.29, 1.82) is 0 Å². The molecule has 4 heteroatoms. The highest BCUT2D eigenvalue weighted by Gasteiger charge is 1.97. The number of aryl methyl sites for hydroxylation is 1. The number of nitrogens with zero attached hydrogens (tertiary/aromatic N) is 3. The molecule has 0 saturated heterocycles. The van der Waals surface area contributed by atoms with Crippen LogP contribution in [0.1, 0.15) is 53.8 Å². The summed E-state index contributed by atoms with van der Waals surface area (Å²) in [5.74, 6) is 1.25. The Balaban J connectivity index is -0.000000171. The number of hydrogen-bond acceptors (Lipinski definition) is 4. The molecule has 23 heavy (non-hydrogen) atoms. The van der Waals surface area contributed by atoms with Gasteiger partial charge in [-0.25, -0.2) is 9.97 Å². The molecular weight excluding hydrogens is 284 g/mol. The molecule has 0 fully saturated rings. The highest BCUT2D eigenvalue weighted by atomic mass is 15.1. The fourth-order valence-corrected chi connectivity index (χ4v) is 0.973. The summed E-state index contributed by atoms with van der Waals surface area (Å²) < 4.78 is 0. The maximum absolute atomic E-state index is 4.12. The predicted octanol–water partition coefficient (Wildman–Crippen LogP) is 6.12. The Morgan fingerprint density at radius 1 is 1.13 bits per heavy atom. The van der Waals surface area contributed by atoms with Crippen LogP contribution in [0.4, 0.5) is 5.95 Å². The van der Waals surface area contributed by atoms with E-state index in [0.29, 0.717) is 11.8 Å². The lowest BCUT2D eigenvalue weighted by molar-refractivity contribution is 0.976. The Bertz CT molecular complexity index is 398. The summed E-state index contributed by atoms with van der Waals surface area (Å²) in [6.45, 7) is 26.8. The van der Waals surface area contributed by atoms with Gasteiger partial charge in [-0.3, -0.25) is 0 Å². The third-order valence-corrected chi connectivity index (χ3v) is 1.59. The minimum Gasteiger partial charge on any atom is -0.324 e. The van der Waals surface area contributed by atoms with Crippen molar-refractivity contribution in [1.82, 2.24) is 15.0 Å². The molecule has 0 atom stereocenters. The number of hydrogen-bond donors (Lipinski definition) is 1. The zero-order valence-electron chi connectivity index (χ0n) is 16.2. The van der Waals surface area contributed by atoms with Crippen LogP contribution < -0.4 is 5.32 Å². The highest BCUT2D eigenvalue weighted by molar-refractivity contribution is 5.38. The SMILES string of the molecule is C=C.C=C/C(=C\CC)Nc1ncnc(C)n1.C=CC.CC.CC. The minimum absolute atomic E-state index is 0.553. The lowest BCUT2D eigenvalue weighted by Gasteiger charge is -2.04. The molecule has 0 amide bonds. The number of rotatable bonds is 4. The van der Waals surface area contributed by atoms with Crippen molar-refractivity contribution in [2.45, 2.75) is 54.9 Å². The van der Waals surface area contributed by atoms with Crippen molar-refractivity contribution in [2.75, 3.05) is 5.32 Å². The van der Waals surface area contributed by atoms with Crippen LogP contribution in [-0.2, 0) is 0 Å². The van der Waals surface area contributed by atoms with E-state index in [9.17, 15) is 0 Å². The first-order chi connectivity index (χ1) is 11.2. The largest absolute Gasteiger partial charge is 0.324 e. The first kappa shape index (κ1) is 28.9. The van der Waals surface area contributed by atoms with Crippen LogP contribution >= 0.6 is 0 Å². The molecule has 0 aliphatic heterocycles. The molecule has 1 aromatic rings. The molecule has 132 valence electrons. The molecule has 0 radical (unpaired) electrons. The molecule has 0 aliphatic rings. The number of aromatic nitrogens is 3. The van der Waals surface area contributed by atoms with Gasteiger partial charge in [0, 0.05) is 5.70 Å². The van der Waals surface area contributed by atoms with E-state index < -0.39 is 0 Å². The number of nitrogens with one attached hydrogen (secondary N) is 1. The van der Waals surface area contributed by atoms with Crippen LogP contribution in [0.15, 0.2) is 56.6 Å². The summed E-state index contributed by atoms with van der Waals surface area (Å²) in [5, 5.41) is 3.05. The van der Waals surface area contributed by atoms with Gasteiger partial charge in [0.05, 0.1) is 0 Å². The van der Waals surface area contributed by atoms with Crippen LogP contribution in [0.25, 0.3) is 0 Å². The topological polar surface area (TPSA) is 50.7 Å². The van der Waals surface area contributed by atoms with Gasteiger partial charge in [-0.15, -0.1) is 19.7 Å². The molecule has 0 unspecified atom stereocenters. The summed E-state index contributed by atoms with van der Waals surface area (Å²) in [6.07, 6.45) is 7.94. The van der Waals surface area contributed by atoms with Crippen LogP contribution in [0, 0.1) is 6.92 Å². The first-order valence-corrected chi connectivity index (χ1v) is 8.00. The van der Waals surface area contributed by atoms with E-state index in [1.807, 2.05) is 47.6 Å². The summed E-state index contributed by atoms with van der Waals surface area (Å²) in [5.41, 5.74) is 0.915. The van der Waals surface area contributed by atoms with Crippen molar-refractivity contribution in [3.05, 3.63) is 62.4 Å². The Morgan fingerprint density at radius 3 is 1.96 bits per heavy atom. The van der Waals surface area contributed by atoms with Gasteiger partial charge in [0.25, 0.3) is 0 Å². The maximum Gasteiger partial charge on any atom is 0.230 e. The van der Waals surface area contributed by atoms with Crippen molar-refractivity contribution in [3.63, 3.8) is 0 Å². The van der Waals surface area contributed by atoms with Gasteiger partial charge < -0.3 is 5.32 Å². The van der Waals surface area contributed by atoms with E-state index in [-0.39, 0.29) is 0 Å². The van der Waals surface area contributed by atoms with Crippen LogP contribution in [0.2, 0.25) is 0 Å². The quantitative estimate of drug-likeness (QED) is 0.536. The lowest BCUT2D eigenvalue weighted by atomic mass is 10.3. The standard InChI is InChI=1S/C10H14N4.C3H6.2C2H6.C2H4/c1-4-6-9(5-2)14-10-12-7-11-8(3)13-10;1-3-2;3*1-2/h5-7H,2,4H2,1,3H3,(H,11,12,13,14);3H,1H2,2H3;2*1-2H3;1-2H2/b9-6+;;;;. The molecule has 1 heterocycles. The zero-order valence-corrected chi connectivity index (χ0v) is 16.2. The van der Waals surface area contributed by atoms with Gasteiger partial charge in [-0.2, -0.15) is 4.98 Å². The van der Waals surface area contributed by atoms with Gasteiger partial charge in [0.15, 0.2) is 0 Å². The fourth-order valence-electron chi connectivity index (χ4n) is 0.973. The van der Waals surface area contributed by atoms with Crippen molar-refractivity contribution in [2.24, 2.45) is 0 Å². The molecule has 0 spiro atoms. The Morgan fingerprint density at radius 2 is 1.61 bits per heavy atom. The summed E-state index contributed by atoms with van der Waals surface area (Å²) >= 11 is 0. The van der Waals surface area contributed by atoms with Gasteiger partial charge in [-0.1, -0.05) is 53.3 Å². The van der Waals surface area contributed by atoms with Crippen molar-refractivity contribution >= 4 is 5.95 Å². The summed E-state index contributed by atoms with van der Waals surface area (Å²) in [6, 6.07) is 0. The second kappa shape index (κ2) is 28.0. The van der Waals surface area contributed by atoms with E-state index in [0.717, 1.165) is 12.1 Å². The van der Waals surface area contributed by atoms with Gasteiger partial charge in [0.1, 0.15) is 12.2 Å². The molecular formula is C19H36N4. The predicted molar refractivity (Wildman–Crippen MR) is 107 cm³/mol. The summed E-state index contributed by atoms with van der Waals surface area (Å²) in [7, 11) is 0. The first-order valence-electron chi connectivity index (χ1n) is 8.00. The van der Waals surface area contributed by atoms with Gasteiger partial charge in [-0.05, 0) is 26.3 Å². The average Bonchev–Trinajstić information content (AvgIpc) is 2.60. The number of anilines is 1. The van der Waals surface area contributed by atoms with E-state index in [4.69, 9.17) is 0 Å². The van der Waals surface area contributed by atoms with Crippen molar-refractivity contribution in [3.8, 4) is 0 Å². The Labute approximate surface area is 144 Å². The molecule has 0 aliphatic carbocycles. The van der Waals surface area contributed by atoms with Crippen molar-refractivity contribution < 1.29 is 0 Å². The maximum atomic E-state index is 4.12. The second-order valence-electron chi connectivity index (χ2n) is 3.16. The van der Waals surface area contributed by atoms with Crippen LogP contribution in [0.5, 0.6) is 0 Å². The molecule has 0 bridgehead atoms. The smallest absolute Gasteiger partial charge is 0.230 e. The third kappa shape index (κ3) is 22.2. The van der Waals surface area contributed by atoms with Crippen LogP contribution in [-0.4, -0.2) is 15.0 Å². The highest BCUT2D eigenvalue weighted by Crippen LogP contribution is 2.03. The van der Waals surface area contributed by atoms with Gasteiger partial charge in [0.2, 0.25) is 5.95 Å². The van der Waals surface area contributed by atoms with Gasteiger partial charge >= 0.3 is 0 Å². The molecule has 0 saturated carbocycles. The normalized spacial score (nSPS) is 8.04. The molecule has 0 aromatic carbocycles. The van der Waals surface area contributed by atoms with Crippen LogP contribution in [0.3, 0.4) is 0 Å². The van der Waals surface area contributed by atoms with E-state index >= 15 is 0 Å². The monoisotopic (exact) mass is 320 g/mol. The average molecular weight is 321 g/mol. The molecule has 1 rings (SSSR count). The number of allylic oxidation sites excluding steroid dienone is 3. The molecule has 4 nitrogen and oxygen atoms in total. The van der Waals surface area contributed by atoms with E-state index in [1.165, 1.54) is 6.33 Å². The van der Waals surface area contributed by atoms with E-state index in [1.54, 1.807) is 12.2 Å². The second-order valence-corrected chi connectivity index (χ2v) is 3.16. The fraction of sp³-hybridized carbons (Fsp3) is 0.421. The molecule has 1 aromatic heterocycles. The summed E-state index contributed by atoms with van der Waals surface area (Å²) in [4.78, 5) is 12.0. The molecule has 1 N–H and O–H groups in total. The minimum atomic E-state index is 0.553.